The molecule has 0 saturated carbocycles. The molecule has 0 aromatic rings. The number of nitrogens with zero attached hydrogens (tertiary/aromatic N) is 1. The third kappa shape index (κ3) is 4.96. The number of hydrogen-bond donors (Lipinski definition) is 1. The van der Waals surface area contributed by atoms with E-state index in [1.807, 2.05) is 18.7 Å². The van der Waals surface area contributed by atoms with Crippen LogP contribution in [0.3, 0.4) is 0 Å². The molecule has 1 amide bonds. The van der Waals surface area contributed by atoms with Gasteiger partial charge in [-0.25, -0.2) is 0 Å². The molecule has 0 aromatic heterocycles. The van der Waals surface area contributed by atoms with Gasteiger partial charge in [0.25, 0.3) is 0 Å². The predicted octanol–water partition coefficient (Wildman–Crippen LogP) is 2.57. The van der Waals surface area contributed by atoms with Crippen molar-refractivity contribution < 1.29 is 9.53 Å². The van der Waals surface area contributed by atoms with Crippen LogP contribution in [-0.4, -0.2) is 48.7 Å². The number of carbonyl (C=O) groups excluding carboxylic acids is 1. The van der Waals surface area contributed by atoms with E-state index in [2.05, 4.69) is 12.2 Å². The molecule has 2 saturated heterocycles. The van der Waals surface area contributed by atoms with Gasteiger partial charge in [-0.1, -0.05) is 27.2 Å². The average molecular weight is 296 g/mol. The summed E-state index contributed by atoms with van der Waals surface area (Å²) in [5.74, 6) is 0.433. The second kappa shape index (κ2) is 8.14. The van der Waals surface area contributed by atoms with Crippen molar-refractivity contribution in [2.24, 2.45) is 5.92 Å². The summed E-state index contributed by atoms with van der Waals surface area (Å²) >= 11 is 0. The molecule has 1 N–H and O–H groups in total. The standard InChI is InChI=1S/C17H32N2O2/c1-4-5-16-12-15(8-11-21-16)18-14-6-9-19(10-7-14)17(20)13(2)3/h13-16,18H,4-12H2,1-3H3. The van der Waals surface area contributed by atoms with E-state index in [0.717, 1.165) is 45.4 Å². The fourth-order valence-electron chi connectivity index (χ4n) is 3.52. The minimum absolute atomic E-state index is 0.125. The fourth-order valence-corrected chi connectivity index (χ4v) is 3.52. The number of ether oxygens (including phenoxy) is 1. The van der Waals surface area contributed by atoms with Gasteiger partial charge in [0.1, 0.15) is 0 Å². The van der Waals surface area contributed by atoms with Gasteiger partial charge in [-0.15, -0.1) is 0 Å². The Morgan fingerprint density at radius 2 is 1.95 bits per heavy atom. The predicted molar refractivity (Wildman–Crippen MR) is 85.2 cm³/mol. The zero-order chi connectivity index (χ0) is 15.2. The van der Waals surface area contributed by atoms with Crippen molar-refractivity contribution in [2.45, 2.75) is 77.5 Å². The number of rotatable bonds is 5. The molecule has 4 heteroatoms. The summed E-state index contributed by atoms with van der Waals surface area (Å²) in [6.07, 6.45) is 7.29. The molecular weight excluding hydrogens is 264 g/mol. The van der Waals surface area contributed by atoms with E-state index in [4.69, 9.17) is 4.74 Å². The number of nitrogens with one attached hydrogen (secondary N) is 1. The Hall–Kier alpha value is -0.610. The first-order chi connectivity index (χ1) is 10.1. The van der Waals surface area contributed by atoms with E-state index < -0.39 is 0 Å². The molecule has 2 aliphatic rings. The van der Waals surface area contributed by atoms with Gasteiger partial charge in [-0.2, -0.15) is 0 Å². The lowest BCUT2D eigenvalue weighted by Gasteiger charge is -2.37. The molecule has 0 bridgehead atoms. The van der Waals surface area contributed by atoms with Gasteiger partial charge in [-0.05, 0) is 32.1 Å². The first-order valence-corrected chi connectivity index (χ1v) is 8.76. The van der Waals surface area contributed by atoms with Gasteiger partial charge < -0.3 is 15.0 Å². The van der Waals surface area contributed by atoms with Crippen LogP contribution in [0.4, 0.5) is 0 Å². The zero-order valence-corrected chi connectivity index (χ0v) is 13.9. The van der Waals surface area contributed by atoms with E-state index in [1.165, 1.54) is 12.8 Å². The summed E-state index contributed by atoms with van der Waals surface area (Å²) in [5, 5.41) is 3.82. The highest BCUT2D eigenvalue weighted by molar-refractivity contribution is 5.78. The number of hydrogen-bond acceptors (Lipinski definition) is 3. The Labute approximate surface area is 129 Å². The number of piperidine rings is 1. The van der Waals surface area contributed by atoms with E-state index in [0.29, 0.717) is 24.1 Å². The third-order valence-corrected chi connectivity index (χ3v) is 4.75. The molecule has 4 nitrogen and oxygen atoms in total. The second-order valence-electron chi connectivity index (χ2n) is 6.92. The number of likely N-dealkylation sites (tertiary alicyclic amines) is 1. The Morgan fingerprint density at radius 1 is 1.24 bits per heavy atom. The van der Waals surface area contributed by atoms with Gasteiger partial charge in [0, 0.05) is 37.7 Å². The van der Waals surface area contributed by atoms with Crippen molar-refractivity contribution >= 4 is 5.91 Å². The molecule has 2 atom stereocenters. The van der Waals surface area contributed by atoms with Crippen LogP contribution in [0.15, 0.2) is 0 Å². The minimum atomic E-state index is 0.125. The molecule has 0 radical (unpaired) electrons. The van der Waals surface area contributed by atoms with Crippen LogP contribution in [0.5, 0.6) is 0 Å². The Bertz CT molecular complexity index is 323. The molecule has 0 spiro atoms. The molecule has 2 unspecified atom stereocenters. The van der Waals surface area contributed by atoms with Crippen molar-refractivity contribution in [3.8, 4) is 0 Å². The van der Waals surface area contributed by atoms with E-state index in [9.17, 15) is 4.79 Å². The molecule has 0 aliphatic carbocycles. The Morgan fingerprint density at radius 3 is 2.57 bits per heavy atom. The summed E-state index contributed by atoms with van der Waals surface area (Å²) in [6.45, 7) is 8.92. The third-order valence-electron chi connectivity index (χ3n) is 4.75. The van der Waals surface area contributed by atoms with E-state index >= 15 is 0 Å². The molecule has 2 aliphatic heterocycles. The van der Waals surface area contributed by atoms with Crippen molar-refractivity contribution in [2.75, 3.05) is 19.7 Å². The van der Waals surface area contributed by atoms with Crippen molar-refractivity contribution in [1.82, 2.24) is 10.2 Å². The van der Waals surface area contributed by atoms with Gasteiger partial charge in [-0.3, -0.25) is 4.79 Å². The first kappa shape index (κ1) is 16.8. The molecule has 2 heterocycles. The topological polar surface area (TPSA) is 41.6 Å². The minimum Gasteiger partial charge on any atom is -0.378 e. The maximum absolute atomic E-state index is 12.0. The molecule has 21 heavy (non-hydrogen) atoms. The van der Waals surface area contributed by atoms with E-state index in [-0.39, 0.29) is 5.92 Å². The van der Waals surface area contributed by atoms with Crippen molar-refractivity contribution in [1.29, 1.82) is 0 Å². The van der Waals surface area contributed by atoms with Crippen LogP contribution in [0, 0.1) is 5.92 Å². The largest absolute Gasteiger partial charge is 0.378 e. The zero-order valence-electron chi connectivity index (χ0n) is 13.9. The summed E-state index contributed by atoms with van der Waals surface area (Å²) in [4.78, 5) is 14.0. The van der Waals surface area contributed by atoms with Crippen LogP contribution >= 0.6 is 0 Å². The van der Waals surface area contributed by atoms with Gasteiger partial charge in [0.2, 0.25) is 5.91 Å². The van der Waals surface area contributed by atoms with Crippen LogP contribution in [0.25, 0.3) is 0 Å². The normalized spacial score (nSPS) is 28.1. The highest BCUT2D eigenvalue weighted by atomic mass is 16.5. The van der Waals surface area contributed by atoms with Crippen LogP contribution in [-0.2, 0) is 9.53 Å². The first-order valence-electron chi connectivity index (χ1n) is 8.76. The lowest BCUT2D eigenvalue weighted by Crippen LogP contribution is -2.50. The highest BCUT2D eigenvalue weighted by Gasteiger charge is 2.28. The van der Waals surface area contributed by atoms with Crippen molar-refractivity contribution in [3.63, 3.8) is 0 Å². The molecule has 122 valence electrons. The lowest BCUT2D eigenvalue weighted by molar-refractivity contribution is -0.135. The molecule has 2 fully saturated rings. The highest BCUT2D eigenvalue weighted by Crippen LogP contribution is 2.20. The van der Waals surface area contributed by atoms with Crippen LogP contribution in [0.2, 0.25) is 0 Å². The maximum atomic E-state index is 12.0. The average Bonchev–Trinajstić information content (AvgIpc) is 2.48. The number of carbonyl (C=O) groups is 1. The summed E-state index contributed by atoms with van der Waals surface area (Å²) in [7, 11) is 0. The Kier molecular flexibility index (Phi) is 6.49. The monoisotopic (exact) mass is 296 g/mol. The fraction of sp³-hybridized carbons (Fsp3) is 0.941. The van der Waals surface area contributed by atoms with Crippen LogP contribution < -0.4 is 5.32 Å². The number of amides is 1. The lowest BCUT2D eigenvalue weighted by atomic mass is 9.96. The van der Waals surface area contributed by atoms with Crippen LogP contribution in [0.1, 0.15) is 59.3 Å². The quantitative estimate of drug-likeness (QED) is 0.848. The summed E-state index contributed by atoms with van der Waals surface area (Å²) in [6, 6.07) is 1.18. The summed E-state index contributed by atoms with van der Waals surface area (Å²) in [5.41, 5.74) is 0. The van der Waals surface area contributed by atoms with Gasteiger partial charge in [0.05, 0.1) is 6.10 Å². The van der Waals surface area contributed by atoms with E-state index in [1.54, 1.807) is 0 Å². The smallest absolute Gasteiger partial charge is 0.225 e. The van der Waals surface area contributed by atoms with Crippen molar-refractivity contribution in [3.05, 3.63) is 0 Å². The molecule has 0 aromatic carbocycles. The SMILES string of the molecule is CCCC1CC(NC2CCN(C(=O)C(C)C)CC2)CCO1. The molecular formula is C17H32N2O2. The summed E-state index contributed by atoms with van der Waals surface area (Å²) < 4.78 is 5.82. The maximum Gasteiger partial charge on any atom is 0.225 e. The Balaban J connectivity index is 1.72. The van der Waals surface area contributed by atoms with Gasteiger partial charge >= 0.3 is 0 Å². The second-order valence-corrected chi connectivity index (χ2v) is 6.92. The molecule has 2 rings (SSSR count). The van der Waals surface area contributed by atoms with Gasteiger partial charge in [0.15, 0.2) is 0 Å².